The van der Waals surface area contributed by atoms with Gasteiger partial charge in [-0.2, -0.15) is 0 Å². The standard InChI is InChI=1S/C14H19NO4/c1-10(2)18-12(16)14(13(17)19-11(3)4)8-6-5-7-9-15-14/h5-11H,1-4H3. The average molecular weight is 265 g/mol. The summed E-state index contributed by atoms with van der Waals surface area (Å²) >= 11 is 0. The largest absolute Gasteiger partial charge is 0.460 e. The Balaban J connectivity index is 3.10. The fourth-order valence-corrected chi connectivity index (χ4v) is 1.44. The van der Waals surface area contributed by atoms with E-state index in [1.165, 1.54) is 12.3 Å². The van der Waals surface area contributed by atoms with Gasteiger partial charge in [0, 0.05) is 6.21 Å². The molecule has 0 fully saturated rings. The van der Waals surface area contributed by atoms with E-state index in [0.717, 1.165) is 0 Å². The molecule has 0 unspecified atom stereocenters. The zero-order valence-electron chi connectivity index (χ0n) is 11.6. The molecule has 0 saturated heterocycles. The van der Waals surface area contributed by atoms with E-state index in [2.05, 4.69) is 4.99 Å². The highest BCUT2D eigenvalue weighted by atomic mass is 16.6. The van der Waals surface area contributed by atoms with E-state index in [-0.39, 0.29) is 12.2 Å². The Hall–Kier alpha value is -1.91. The van der Waals surface area contributed by atoms with Crippen molar-refractivity contribution in [1.82, 2.24) is 0 Å². The zero-order chi connectivity index (χ0) is 14.5. The Bertz CT molecular complexity index is 393. The maximum atomic E-state index is 12.2. The molecule has 1 aliphatic rings. The molecule has 0 atom stereocenters. The van der Waals surface area contributed by atoms with Crippen molar-refractivity contribution in [2.45, 2.75) is 45.4 Å². The van der Waals surface area contributed by atoms with E-state index < -0.39 is 17.5 Å². The molecule has 0 saturated carbocycles. The lowest BCUT2D eigenvalue weighted by Crippen LogP contribution is -2.47. The molecule has 0 amide bonds. The lowest BCUT2D eigenvalue weighted by molar-refractivity contribution is -0.165. The van der Waals surface area contributed by atoms with Crippen molar-refractivity contribution in [1.29, 1.82) is 0 Å². The maximum Gasteiger partial charge on any atom is 0.350 e. The Morgan fingerprint density at radius 1 is 0.947 bits per heavy atom. The molecular formula is C14H19NO4. The van der Waals surface area contributed by atoms with Gasteiger partial charge >= 0.3 is 11.9 Å². The highest BCUT2D eigenvalue weighted by Gasteiger charge is 2.47. The van der Waals surface area contributed by atoms with Gasteiger partial charge in [0.2, 0.25) is 0 Å². The Labute approximate surface area is 113 Å². The number of nitrogens with zero attached hydrogens (tertiary/aromatic N) is 1. The van der Waals surface area contributed by atoms with E-state index >= 15 is 0 Å². The molecule has 0 spiro atoms. The van der Waals surface area contributed by atoms with E-state index in [4.69, 9.17) is 9.47 Å². The number of carbonyl (C=O) groups excluding carboxylic acids is 2. The smallest absolute Gasteiger partial charge is 0.350 e. The van der Waals surface area contributed by atoms with Gasteiger partial charge in [0.25, 0.3) is 5.54 Å². The van der Waals surface area contributed by atoms with Gasteiger partial charge < -0.3 is 9.47 Å². The molecule has 0 aliphatic carbocycles. The van der Waals surface area contributed by atoms with Crippen molar-refractivity contribution >= 4 is 18.2 Å². The van der Waals surface area contributed by atoms with Crippen LogP contribution in [0.1, 0.15) is 27.7 Å². The molecule has 1 aliphatic heterocycles. The Morgan fingerprint density at radius 3 is 1.95 bits per heavy atom. The first kappa shape index (κ1) is 15.1. The average Bonchev–Trinajstić information content (AvgIpc) is 2.53. The monoisotopic (exact) mass is 265 g/mol. The predicted octanol–water partition coefficient (Wildman–Crippen LogP) is 1.83. The van der Waals surface area contributed by atoms with Crippen LogP contribution in [-0.4, -0.2) is 35.9 Å². The first-order valence-corrected chi connectivity index (χ1v) is 6.20. The quantitative estimate of drug-likeness (QED) is 0.574. The molecule has 19 heavy (non-hydrogen) atoms. The summed E-state index contributed by atoms with van der Waals surface area (Å²) in [7, 11) is 0. The minimum Gasteiger partial charge on any atom is -0.460 e. The van der Waals surface area contributed by atoms with Crippen molar-refractivity contribution < 1.29 is 19.1 Å². The number of esters is 2. The van der Waals surface area contributed by atoms with Gasteiger partial charge in [-0.1, -0.05) is 12.2 Å². The van der Waals surface area contributed by atoms with Gasteiger partial charge in [0.05, 0.1) is 12.2 Å². The number of ether oxygens (including phenoxy) is 2. The molecular weight excluding hydrogens is 246 g/mol. The topological polar surface area (TPSA) is 65.0 Å². The van der Waals surface area contributed by atoms with Crippen LogP contribution in [0.15, 0.2) is 29.3 Å². The van der Waals surface area contributed by atoms with Crippen LogP contribution in [0.4, 0.5) is 0 Å². The molecule has 0 aromatic rings. The second-order valence-corrected chi connectivity index (χ2v) is 4.70. The third-order valence-electron chi connectivity index (χ3n) is 2.23. The molecule has 1 heterocycles. The Kier molecular flexibility index (Phi) is 5.03. The van der Waals surface area contributed by atoms with Crippen molar-refractivity contribution in [3.05, 3.63) is 24.3 Å². The van der Waals surface area contributed by atoms with Gasteiger partial charge in [0.15, 0.2) is 0 Å². The molecule has 104 valence electrons. The number of allylic oxidation sites excluding steroid dienone is 3. The van der Waals surface area contributed by atoms with Crippen molar-refractivity contribution in [3.8, 4) is 0 Å². The molecule has 0 N–H and O–H groups in total. The summed E-state index contributed by atoms with van der Waals surface area (Å²) in [6, 6.07) is 0. The second-order valence-electron chi connectivity index (χ2n) is 4.70. The molecule has 0 aromatic heterocycles. The first-order chi connectivity index (χ1) is 8.88. The number of carbonyl (C=O) groups is 2. The fourth-order valence-electron chi connectivity index (χ4n) is 1.44. The van der Waals surface area contributed by atoms with Crippen LogP contribution >= 0.6 is 0 Å². The van der Waals surface area contributed by atoms with Crippen molar-refractivity contribution in [2.24, 2.45) is 4.99 Å². The van der Waals surface area contributed by atoms with Crippen LogP contribution in [-0.2, 0) is 19.1 Å². The van der Waals surface area contributed by atoms with E-state index in [9.17, 15) is 9.59 Å². The lowest BCUT2D eigenvalue weighted by atomic mass is 10.00. The van der Waals surface area contributed by atoms with Gasteiger partial charge in [0.1, 0.15) is 0 Å². The van der Waals surface area contributed by atoms with Gasteiger partial charge in [-0.3, -0.25) is 4.99 Å². The van der Waals surface area contributed by atoms with Crippen LogP contribution in [0.3, 0.4) is 0 Å². The Morgan fingerprint density at radius 2 is 1.47 bits per heavy atom. The predicted molar refractivity (Wildman–Crippen MR) is 72.0 cm³/mol. The zero-order valence-corrected chi connectivity index (χ0v) is 11.6. The molecule has 5 nitrogen and oxygen atoms in total. The third kappa shape index (κ3) is 3.77. The molecule has 0 radical (unpaired) electrons. The van der Waals surface area contributed by atoms with Crippen LogP contribution in [0, 0.1) is 0 Å². The summed E-state index contributed by atoms with van der Waals surface area (Å²) < 4.78 is 10.2. The summed E-state index contributed by atoms with van der Waals surface area (Å²) in [5.41, 5.74) is -1.75. The summed E-state index contributed by atoms with van der Waals surface area (Å²) in [6.45, 7) is 6.84. The number of aliphatic imine (C=N–C) groups is 1. The molecule has 0 bridgehead atoms. The minimum atomic E-state index is -1.75. The second kappa shape index (κ2) is 6.31. The normalized spacial score (nSPS) is 16.5. The summed E-state index contributed by atoms with van der Waals surface area (Å²) in [4.78, 5) is 28.4. The fraction of sp³-hybridized carbons (Fsp3) is 0.500. The highest BCUT2D eigenvalue weighted by molar-refractivity contribution is 6.09. The lowest BCUT2D eigenvalue weighted by Gasteiger charge is -2.24. The van der Waals surface area contributed by atoms with Crippen molar-refractivity contribution in [2.75, 3.05) is 0 Å². The van der Waals surface area contributed by atoms with Gasteiger partial charge in [-0.15, -0.1) is 0 Å². The SMILES string of the molecule is CC(C)OC(=O)C1(C(=O)OC(C)C)C=CC=CC=N1. The number of rotatable bonds is 4. The summed E-state index contributed by atoms with van der Waals surface area (Å²) in [5, 5.41) is 0. The first-order valence-electron chi connectivity index (χ1n) is 6.20. The van der Waals surface area contributed by atoms with Gasteiger partial charge in [-0.25, -0.2) is 9.59 Å². The third-order valence-corrected chi connectivity index (χ3v) is 2.23. The molecule has 5 heteroatoms. The summed E-state index contributed by atoms with van der Waals surface area (Å²) in [5.74, 6) is -1.46. The van der Waals surface area contributed by atoms with E-state index in [1.807, 2.05) is 0 Å². The highest BCUT2D eigenvalue weighted by Crippen LogP contribution is 2.21. The van der Waals surface area contributed by atoms with E-state index in [1.54, 1.807) is 45.9 Å². The van der Waals surface area contributed by atoms with Crippen molar-refractivity contribution in [3.63, 3.8) is 0 Å². The number of hydrogen-bond acceptors (Lipinski definition) is 5. The number of hydrogen-bond donors (Lipinski definition) is 0. The van der Waals surface area contributed by atoms with Crippen LogP contribution in [0.2, 0.25) is 0 Å². The van der Waals surface area contributed by atoms with Crippen LogP contribution < -0.4 is 0 Å². The van der Waals surface area contributed by atoms with Crippen LogP contribution in [0.5, 0.6) is 0 Å². The summed E-state index contributed by atoms with van der Waals surface area (Å²) in [6.07, 6.45) is 6.99. The molecule has 1 rings (SSSR count). The van der Waals surface area contributed by atoms with Gasteiger partial charge in [-0.05, 0) is 39.8 Å². The van der Waals surface area contributed by atoms with E-state index in [0.29, 0.717) is 0 Å². The van der Waals surface area contributed by atoms with Crippen LogP contribution in [0.25, 0.3) is 0 Å². The minimum absolute atomic E-state index is 0.337. The molecule has 0 aromatic carbocycles. The maximum absolute atomic E-state index is 12.2.